The minimum atomic E-state index is -0.258. The van der Waals surface area contributed by atoms with E-state index in [0.717, 1.165) is 29.8 Å². The van der Waals surface area contributed by atoms with E-state index in [4.69, 9.17) is 4.74 Å². The molecule has 1 saturated carbocycles. The summed E-state index contributed by atoms with van der Waals surface area (Å²) < 4.78 is 6.87. The standard InChI is InChI=1S/C14H20N2O3S/c1-3-19-13(18)9-20-14-12(8-17)10(2)15-16(14)11-6-4-5-7-11/h8,11H,3-7,9H2,1-2H3. The third-order valence-corrected chi connectivity index (χ3v) is 4.57. The first-order valence-corrected chi connectivity index (χ1v) is 7.98. The molecule has 0 aromatic carbocycles. The maximum Gasteiger partial charge on any atom is 0.316 e. The monoisotopic (exact) mass is 296 g/mol. The van der Waals surface area contributed by atoms with Gasteiger partial charge in [0.1, 0.15) is 5.03 Å². The molecular formula is C14H20N2O3S. The van der Waals surface area contributed by atoms with Crippen molar-refractivity contribution in [3.05, 3.63) is 11.3 Å². The summed E-state index contributed by atoms with van der Waals surface area (Å²) in [7, 11) is 0. The molecular weight excluding hydrogens is 276 g/mol. The van der Waals surface area contributed by atoms with E-state index in [1.54, 1.807) is 6.92 Å². The van der Waals surface area contributed by atoms with E-state index in [-0.39, 0.29) is 11.7 Å². The van der Waals surface area contributed by atoms with Crippen LogP contribution in [0, 0.1) is 6.92 Å². The van der Waals surface area contributed by atoms with E-state index >= 15 is 0 Å². The van der Waals surface area contributed by atoms with Crippen LogP contribution < -0.4 is 0 Å². The van der Waals surface area contributed by atoms with Crippen molar-refractivity contribution in [2.24, 2.45) is 0 Å². The number of rotatable bonds is 6. The molecule has 6 heteroatoms. The van der Waals surface area contributed by atoms with Crippen molar-refractivity contribution < 1.29 is 14.3 Å². The molecule has 20 heavy (non-hydrogen) atoms. The molecule has 0 aliphatic heterocycles. The average molecular weight is 296 g/mol. The van der Waals surface area contributed by atoms with Crippen LogP contribution in [-0.2, 0) is 9.53 Å². The maximum atomic E-state index is 11.5. The van der Waals surface area contributed by atoms with Gasteiger partial charge in [-0.3, -0.25) is 14.3 Å². The number of hydrogen-bond acceptors (Lipinski definition) is 5. The molecule has 5 nitrogen and oxygen atoms in total. The van der Waals surface area contributed by atoms with Crippen LogP contribution in [0.1, 0.15) is 54.7 Å². The zero-order valence-electron chi connectivity index (χ0n) is 11.9. The molecule has 0 unspecified atom stereocenters. The lowest BCUT2D eigenvalue weighted by molar-refractivity contribution is -0.139. The van der Waals surface area contributed by atoms with Gasteiger partial charge in [-0.1, -0.05) is 24.6 Å². The van der Waals surface area contributed by atoms with Crippen LogP contribution in [0.4, 0.5) is 0 Å². The number of thioether (sulfide) groups is 1. The molecule has 2 rings (SSSR count). The third-order valence-electron chi connectivity index (χ3n) is 3.51. The SMILES string of the molecule is CCOC(=O)CSc1c(C=O)c(C)nn1C1CCCC1. The Morgan fingerprint density at radius 1 is 1.50 bits per heavy atom. The first kappa shape index (κ1) is 15.1. The van der Waals surface area contributed by atoms with E-state index in [1.807, 2.05) is 11.6 Å². The minimum absolute atomic E-state index is 0.215. The molecule has 1 aromatic rings. The lowest BCUT2D eigenvalue weighted by Crippen LogP contribution is -2.11. The number of aryl methyl sites for hydroxylation is 1. The fourth-order valence-corrected chi connectivity index (χ4v) is 3.56. The summed E-state index contributed by atoms with van der Waals surface area (Å²) in [4.78, 5) is 22.8. The second kappa shape index (κ2) is 6.92. The van der Waals surface area contributed by atoms with Gasteiger partial charge in [0, 0.05) is 0 Å². The van der Waals surface area contributed by atoms with Gasteiger partial charge in [-0.15, -0.1) is 0 Å². The van der Waals surface area contributed by atoms with Crippen molar-refractivity contribution in [3.63, 3.8) is 0 Å². The molecule has 0 bridgehead atoms. The largest absolute Gasteiger partial charge is 0.465 e. The van der Waals surface area contributed by atoms with Gasteiger partial charge in [0.25, 0.3) is 0 Å². The van der Waals surface area contributed by atoms with Crippen molar-refractivity contribution in [3.8, 4) is 0 Å². The number of esters is 1. The molecule has 0 radical (unpaired) electrons. The highest BCUT2D eigenvalue weighted by atomic mass is 32.2. The molecule has 0 N–H and O–H groups in total. The van der Waals surface area contributed by atoms with Crippen molar-refractivity contribution in [1.29, 1.82) is 0 Å². The van der Waals surface area contributed by atoms with Gasteiger partial charge in [0.05, 0.1) is 29.7 Å². The molecule has 0 amide bonds. The van der Waals surface area contributed by atoms with Gasteiger partial charge < -0.3 is 4.74 Å². The van der Waals surface area contributed by atoms with Crippen molar-refractivity contribution in [2.45, 2.75) is 50.6 Å². The summed E-state index contributed by atoms with van der Waals surface area (Å²) >= 11 is 1.35. The normalized spacial score (nSPS) is 15.5. The summed E-state index contributed by atoms with van der Waals surface area (Å²) in [5.41, 5.74) is 1.34. The molecule has 0 atom stereocenters. The smallest absolute Gasteiger partial charge is 0.316 e. The zero-order valence-corrected chi connectivity index (χ0v) is 12.7. The number of ether oxygens (including phenoxy) is 1. The van der Waals surface area contributed by atoms with Crippen LogP contribution in [0.15, 0.2) is 5.03 Å². The molecule has 110 valence electrons. The lowest BCUT2D eigenvalue weighted by atomic mass is 10.2. The van der Waals surface area contributed by atoms with Crippen LogP contribution >= 0.6 is 11.8 Å². The Hall–Kier alpha value is -1.30. The quantitative estimate of drug-likeness (QED) is 0.459. The Bertz CT molecular complexity index is 493. The number of aromatic nitrogens is 2. The predicted octanol–water partition coefficient (Wildman–Crippen LogP) is 2.77. The number of nitrogens with zero attached hydrogens (tertiary/aromatic N) is 2. The Labute approximate surface area is 123 Å². The second-order valence-corrected chi connectivity index (χ2v) is 5.86. The fourth-order valence-electron chi connectivity index (χ4n) is 2.54. The number of carbonyl (C=O) groups excluding carboxylic acids is 2. The highest BCUT2D eigenvalue weighted by Gasteiger charge is 2.24. The topological polar surface area (TPSA) is 61.2 Å². The van der Waals surface area contributed by atoms with Gasteiger partial charge in [0.15, 0.2) is 6.29 Å². The van der Waals surface area contributed by atoms with Crippen LogP contribution in [0.25, 0.3) is 0 Å². The molecule has 1 aromatic heterocycles. The maximum absolute atomic E-state index is 11.5. The highest BCUT2D eigenvalue weighted by molar-refractivity contribution is 8.00. The summed E-state index contributed by atoms with van der Waals surface area (Å²) in [5, 5.41) is 5.30. The van der Waals surface area contributed by atoms with E-state index in [9.17, 15) is 9.59 Å². The average Bonchev–Trinajstić information content (AvgIpc) is 3.03. The fraction of sp³-hybridized carbons (Fsp3) is 0.643. The molecule has 1 aliphatic rings. The summed E-state index contributed by atoms with van der Waals surface area (Å²) in [6, 6.07) is 0.354. The molecule has 1 heterocycles. The van der Waals surface area contributed by atoms with Crippen LogP contribution in [-0.4, -0.2) is 34.4 Å². The molecule has 0 saturated heterocycles. The van der Waals surface area contributed by atoms with Crippen LogP contribution in [0.3, 0.4) is 0 Å². The summed E-state index contributed by atoms with van der Waals surface area (Å²) in [5.74, 6) is -0.0434. The van der Waals surface area contributed by atoms with Crippen molar-refractivity contribution in [2.75, 3.05) is 12.4 Å². The van der Waals surface area contributed by atoms with Gasteiger partial charge in [0.2, 0.25) is 0 Å². The zero-order chi connectivity index (χ0) is 14.5. The Balaban J connectivity index is 2.19. The van der Waals surface area contributed by atoms with E-state index in [2.05, 4.69) is 5.10 Å². The molecule has 1 aliphatic carbocycles. The van der Waals surface area contributed by atoms with Crippen LogP contribution in [0.5, 0.6) is 0 Å². The highest BCUT2D eigenvalue weighted by Crippen LogP contribution is 2.35. The van der Waals surface area contributed by atoms with E-state index in [0.29, 0.717) is 18.2 Å². The molecule has 1 fully saturated rings. The lowest BCUT2D eigenvalue weighted by Gasteiger charge is -2.13. The first-order valence-electron chi connectivity index (χ1n) is 7.00. The van der Waals surface area contributed by atoms with Crippen LogP contribution in [0.2, 0.25) is 0 Å². The second-order valence-electron chi connectivity index (χ2n) is 4.90. The minimum Gasteiger partial charge on any atom is -0.465 e. The first-order chi connectivity index (χ1) is 9.67. The Morgan fingerprint density at radius 3 is 2.80 bits per heavy atom. The Kier molecular flexibility index (Phi) is 5.23. The number of hydrogen-bond donors (Lipinski definition) is 0. The van der Waals surface area contributed by atoms with E-state index < -0.39 is 0 Å². The molecule has 0 spiro atoms. The van der Waals surface area contributed by atoms with Crippen molar-refractivity contribution >= 4 is 24.0 Å². The summed E-state index contributed by atoms with van der Waals surface area (Å²) in [6.07, 6.45) is 5.41. The van der Waals surface area contributed by atoms with Gasteiger partial charge in [-0.05, 0) is 26.7 Å². The predicted molar refractivity (Wildman–Crippen MR) is 77.2 cm³/mol. The van der Waals surface area contributed by atoms with Gasteiger partial charge in [-0.2, -0.15) is 5.10 Å². The number of aldehydes is 1. The Morgan fingerprint density at radius 2 is 2.20 bits per heavy atom. The third kappa shape index (κ3) is 3.23. The van der Waals surface area contributed by atoms with Gasteiger partial charge in [-0.25, -0.2) is 0 Å². The number of carbonyl (C=O) groups is 2. The van der Waals surface area contributed by atoms with Crippen molar-refractivity contribution in [1.82, 2.24) is 9.78 Å². The van der Waals surface area contributed by atoms with E-state index in [1.165, 1.54) is 24.6 Å². The summed E-state index contributed by atoms with van der Waals surface area (Å²) in [6.45, 7) is 4.00. The van der Waals surface area contributed by atoms with Gasteiger partial charge >= 0.3 is 5.97 Å².